The first kappa shape index (κ1) is 11.7. The Morgan fingerprint density at radius 2 is 2.11 bits per heavy atom. The largest absolute Gasteiger partial charge is 0.315 e. The summed E-state index contributed by atoms with van der Waals surface area (Å²) in [5, 5.41) is 9.40. The number of benzene rings is 1. The minimum Gasteiger partial charge on any atom is -0.315 e. The van der Waals surface area contributed by atoms with Crippen LogP contribution >= 0.6 is 0 Å². The van der Waals surface area contributed by atoms with Gasteiger partial charge in [0.05, 0.1) is 11.2 Å². The van der Waals surface area contributed by atoms with Crippen molar-refractivity contribution in [2.45, 2.75) is 13.0 Å². The molecule has 0 saturated carbocycles. The van der Waals surface area contributed by atoms with Crippen LogP contribution in [0.25, 0.3) is 10.9 Å². The molecule has 0 amide bonds. The summed E-state index contributed by atoms with van der Waals surface area (Å²) >= 11 is 0. The Kier molecular flexibility index (Phi) is 3.30. The van der Waals surface area contributed by atoms with E-state index in [1.54, 1.807) is 0 Å². The van der Waals surface area contributed by atoms with Crippen molar-refractivity contribution >= 4 is 10.9 Å². The number of hydrogen-bond donors (Lipinski definition) is 1. The molecule has 0 aliphatic carbocycles. The quantitative estimate of drug-likeness (QED) is 0.866. The fourth-order valence-electron chi connectivity index (χ4n) is 2.68. The normalized spacial score (nSPS) is 18.1. The Morgan fingerprint density at radius 1 is 1.22 bits per heavy atom. The van der Waals surface area contributed by atoms with Gasteiger partial charge in [-0.15, -0.1) is 0 Å². The predicted octanol–water partition coefficient (Wildman–Crippen LogP) is 1.37. The summed E-state index contributed by atoms with van der Waals surface area (Å²) in [6, 6.07) is 8.48. The molecular formula is C14H20N4. The summed E-state index contributed by atoms with van der Waals surface area (Å²) in [6.45, 7) is 5.47. The average molecular weight is 244 g/mol. The smallest absolute Gasteiger partial charge is 0.0843 e. The van der Waals surface area contributed by atoms with Crippen LogP contribution in [0, 0.1) is 0 Å². The van der Waals surface area contributed by atoms with Gasteiger partial charge in [0.25, 0.3) is 0 Å². The lowest BCUT2D eigenvalue weighted by molar-refractivity contribution is 0.281. The molecule has 4 heteroatoms. The minimum absolute atomic E-state index is 0.961. The molecule has 2 heterocycles. The number of aromatic nitrogens is 2. The van der Waals surface area contributed by atoms with Crippen LogP contribution in [0.15, 0.2) is 24.3 Å². The molecule has 2 aromatic rings. The van der Waals surface area contributed by atoms with Gasteiger partial charge >= 0.3 is 0 Å². The molecule has 0 radical (unpaired) electrons. The van der Waals surface area contributed by atoms with Crippen LogP contribution < -0.4 is 5.32 Å². The molecule has 1 fully saturated rings. The Hall–Kier alpha value is -1.39. The molecule has 0 bridgehead atoms. The van der Waals surface area contributed by atoms with Crippen LogP contribution in [0.5, 0.6) is 0 Å². The molecule has 1 saturated heterocycles. The summed E-state index contributed by atoms with van der Waals surface area (Å²) in [5.41, 5.74) is 2.43. The van der Waals surface area contributed by atoms with E-state index in [9.17, 15) is 0 Å². The van der Waals surface area contributed by atoms with E-state index < -0.39 is 0 Å². The number of rotatable bonds is 2. The zero-order valence-electron chi connectivity index (χ0n) is 10.9. The van der Waals surface area contributed by atoms with Crippen LogP contribution in [0.4, 0.5) is 0 Å². The number of aryl methyl sites for hydroxylation is 1. The lowest BCUT2D eigenvalue weighted by Gasteiger charge is -2.17. The second kappa shape index (κ2) is 5.08. The maximum Gasteiger partial charge on any atom is 0.0843 e. The van der Waals surface area contributed by atoms with E-state index in [2.05, 4.69) is 39.6 Å². The first-order valence-corrected chi connectivity index (χ1v) is 6.68. The maximum absolute atomic E-state index is 4.67. The molecule has 0 atom stereocenters. The van der Waals surface area contributed by atoms with E-state index in [0.29, 0.717) is 0 Å². The number of nitrogens with zero attached hydrogens (tertiary/aromatic N) is 3. The van der Waals surface area contributed by atoms with Gasteiger partial charge in [0, 0.05) is 32.1 Å². The van der Waals surface area contributed by atoms with Crippen molar-refractivity contribution in [1.82, 2.24) is 20.0 Å². The van der Waals surface area contributed by atoms with Crippen LogP contribution in [-0.4, -0.2) is 40.9 Å². The molecule has 3 rings (SSSR count). The summed E-state index contributed by atoms with van der Waals surface area (Å²) in [7, 11) is 2.02. The summed E-state index contributed by atoms with van der Waals surface area (Å²) < 4.78 is 1.99. The lowest BCUT2D eigenvalue weighted by atomic mass is 10.2. The molecule has 1 aromatic carbocycles. The van der Waals surface area contributed by atoms with Gasteiger partial charge in [-0.05, 0) is 25.6 Å². The molecule has 1 N–H and O–H groups in total. The average Bonchev–Trinajstić information content (AvgIpc) is 2.58. The van der Waals surface area contributed by atoms with Crippen LogP contribution in [-0.2, 0) is 13.6 Å². The predicted molar refractivity (Wildman–Crippen MR) is 73.5 cm³/mol. The van der Waals surface area contributed by atoms with Gasteiger partial charge in [-0.3, -0.25) is 9.58 Å². The molecule has 1 aromatic heterocycles. The van der Waals surface area contributed by atoms with Crippen LogP contribution in [0.3, 0.4) is 0 Å². The monoisotopic (exact) mass is 244 g/mol. The van der Waals surface area contributed by atoms with Crippen molar-refractivity contribution < 1.29 is 0 Å². The highest BCUT2D eigenvalue weighted by atomic mass is 15.3. The third-order valence-electron chi connectivity index (χ3n) is 3.64. The van der Waals surface area contributed by atoms with Gasteiger partial charge in [0.2, 0.25) is 0 Å². The third-order valence-corrected chi connectivity index (χ3v) is 3.64. The second-order valence-corrected chi connectivity index (χ2v) is 4.97. The highest BCUT2D eigenvalue weighted by Crippen LogP contribution is 2.19. The molecular weight excluding hydrogens is 224 g/mol. The third kappa shape index (κ3) is 2.26. The molecule has 1 aliphatic heterocycles. The highest BCUT2D eigenvalue weighted by molar-refractivity contribution is 5.81. The maximum atomic E-state index is 4.67. The Morgan fingerprint density at radius 3 is 3.06 bits per heavy atom. The summed E-state index contributed by atoms with van der Waals surface area (Å²) in [6.07, 6.45) is 1.23. The molecule has 1 aliphatic rings. The molecule has 96 valence electrons. The van der Waals surface area contributed by atoms with Crippen molar-refractivity contribution in [2.24, 2.45) is 7.05 Å². The van der Waals surface area contributed by atoms with E-state index in [-0.39, 0.29) is 0 Å². The Balaban J connectivity index is 1.85. The highest BCUT2D eigenvalue weighted by Gasteiger charge is 2.13. The molecule has 0 unspecified atom stereocenters. The van der Waals surface area contributed by atoms with Crippen molar-refractivity contribution in [3.05, 3.63) is 30.0 Å². The first-order valence-electron chi connectivity index (χ1n) is 6.68. The fraction of sp³-hybridized carbons (Fsp3) is 0.500. The van der Waals surface area contributed by atoms with Crippen LogP contribution in [0.2, 0.25) is 0 Å². The van der Waals surface area contributed by atoms with Crippen molar-refractivity contribution in [3.63, 3.8) is 0 Å². The molecule has 4 nitrogen and oxygen atoms in total. The lowest BCUT2D eigenvalue weighted by Crippen LogP contribution is -2.27. The van der Waals surface area contributed by atoms with Gasteiger partial charge in [0.1, 0.15) is 0 Å². The topological polar surface area (TPSA) is 33.1 Å². The van der Waals surface area contributed by atoms with Gasteiger partial charge in [0.15, 0.2) is 0 Å². The van der Waals surface area contributed by atoms with Gasteiger partial charge < -0.3 is 5.32 Å². The van der Waals surface area contributed by atoms with E-state index in [0.717, 1.165) is 32.7 Å². The number of nitrogens with one attached hydrogen (secondary N) is 1. The Labute approximate surface area is 108 Å². The minimum atomic E-state index is 0.961. The van der Waals surface area contributed by atoms with Gasteiger partial charge in [-0.1, -0.05) is 18.2 Å². The molecule has 18 heavy (non-hydrogen) atoms. The van der Waals surface area contributed by atoms with Crippen molar-refractivity contribution in [3.8, 4) is 0 Å². The first-order chi connectivity index (χ1) is 8.84. The number of hydrogen-bond acceptors (Lipinski definition) is 3. The second-order valence-electron chi connectivity index (χ2n) is 4.97. The van der Waals surface area contributed by atoms with Crippen LogP contribution in [0.1, 0.15) is 12.1 Å². The van der Waals surface area contributed by atoms with Gasteiger partial charge in [-0.2, -0.15) is 5.10 Å². The van der Waals surface area contributed by atoms with E-state index in [4.69, 9.17) is 0 Å². The zero-order chi connectivity index (χ0) is 12.4. The van der Waals surface area contributed by atoms with E-state index in [1.807, 2.05) is 11.7 Å². The van der Waals surface area contributed by atoms with Crippen molar-refractivity contribution in [2.75, 3.05) is 26.2 Å². The molecule has 0 spiro atoms. The summed E-state index contributed by atoms with van der Waals surface area (Å²) in [5.74, 6) is 0. The van der Waals surface area contributed by atoms with E-state index >= 15 is 0 Å². The van der Waals surface area contributed by atoms with Gasteiger partial charge in [-0.25, -0.2) is 0 Å². The standard InChI is InChI=1S/C14H20N4/c1-17-14-6-3-2-5-12(14)13(16-17)11-18-9-4-7-15-8-10-18/h2-3,5-6,15H,4,7-11H2,1H3. The number of fused-ring (bicyclic) bond motifs is 1. The zero-order valence-corrected chi connectivity index (χ0v) is 10.9. The van der Waals surface area contributed by atoms with Crippen molar-refractivity contribution in [1.29, 1.82) is 0 Å². The SMILES string of the molecule is Cn1nc(CN2CCCNCC2)c2ccccc21. The van der Waals surface area contributed by atoms with E-state index in [1.165, 1.54) is 23.0 Å². The Bertz CT molecular complexity index is 524. The summed E-state index contributed by atoms with van der Waals surface area (Å²) in [4.78, 5) is 2.49. The fourth-order valence-corrected chi connectivity index (χ4v) is 2.68. The number of para-hydroxylation sites is 1.